The van der Waals surface area contributed by atoms with Crippen molar-refractivity contribution in [3.05, 3.63) is 65.2 Å². The molecule has 0 bridgehead atoms. The first-order chi connectivity index (χ1) is 10.6. The molecule has 0 saturated heterocycles. The van der Waals surface area contributed by atoms with Crippen molar-refractivity contribution in [1.82, 2.24) is 0 Å². The summed E-state index contributed by atoms with van der Waals surface area (Å²) in [5.41, 5.74) is 2.64. The molecule has 1 atom stereocenters. The Hall–Kier alpha value is -2.66. The Labute approximate surface area is 129 Å². The Morgan fingerprint density at radius 2 is 1.91 bits per heavy atom. The van der Waals surface area contributed by atoms with Crippen LogP contribution in [0.2, 0.25) is 0 Å². The molecule has 2 rings (SSSR count). The Morgan fingerprint density at radius 1 is 1.23 bits per heavy atom. The number of nitrogens with one attached hydrogen (secondary N) is 1. The zero-order valence-corrected chi connectivity index (χ0v) is 12.5. The van der Waals surface area contributed by atoms with Crippen molar-refractivity contribution in [2.45, 2.75) is 13.0 Å². The van der Waals surface area contributed by atoms with Crippen molar-refractivity contribution in [2.24, 2.45) is 5.16 Å². The van der Waals surface area contributed by atoms with Crippen molar-refractivity contribution in [2.75, 3.05) is 12.4 Å². The van der Waals surface area contributed by atoms with E-state index in [2.05, 4.69) is 15.3 Å². The predicted octanol–water partition coefficient (Wildman–Crippen LogP) is 2.97. The SMILES string of the molecule is CO/N=C/c1ccc(C(=O)Nc2ccccc2C(C)O)cc1. The zero-order chi connectivity index (χ0) is 15.9. The molecule has 2 aromatic carbocycles. The van der Waals surface area contributed by atoms with E-state index in [1.54, 1.807) is 49.5 Å². The van der Waals surface area contributed by atoms with Crippen molar-refractivity contribution in [3.63, 3.8) is 0 Å². The van der Waals surface area contributed by atoms with Gasteiger partial charge < -0.3 is 15.3 Å². The van der Waals surface area contributed by atoms with Gasteiger partial charge in [0.05, 0.1) is 12.3 Å². The van der Waals surface area contributed by atoms with Crippen molar-refractivity contribution < 1.29 is 14.7 Å². The van der Waals surface area contributed by atoms with Crippen LogP contribution in [0.15, 0.2) is 53.7 Å². The van der Waals surface area contributed by atoms with Crippen molar-refractivity contribution in [3.8, 4) is 0 Å². The Morgan fingerprint density at radius 3 is 2.55 bits per heavy atom. The number of anilines is 1. The maximum Gasteiger partial charge on any atom is 0.255 e. The highest BCUT2D eigenvalue weighted by molar-refractivity contribution is 6.05. The third kappa shape index (κ3) is 3.93. The van der Waals surface area contributed by atoms with Gasteiger partial charge in [-0.05, 0) is 30.7 Å². The number of carbonyl (C=O) groups excluding carboxylic acids is 1. The molecule has 5 heteroatoms. The minimum Gasteiger partial charge on any atom is -0.399 e. The van der Waals surface area contributed by atoms with Gasteiger partial charge in [-0.3, -0.25) is 4.79 Å². The monoisotopic (exact) mass is 298 g/mol. The molecule has 2 aromatic rings. The van der Waals surface area contributed by atoms with Gasteiger partial charge in [0.25, 0.3) is 5.91 Å². The average molecular weight is 298 g/mol. The molecular weight excluding hydrogens is 280 g/mol. The van der Waals surface area contributed by atoms with Crippen LogP contribution in [-0.4, -0.2) is 24.3 Å². The van der Waals surface area contributed by atoms with E-state index in [-0.39, 0.29) is 5.91 Å². The van der Waals surface area contributed by atoms with Crippen molar-refractivity contribution >= 4 is 17.8 Å². The van der Waals surface area contributed by atoms with E-state index in [1.165, 1.54) is 7.11 Å². The maximum absolute atomic E-state index is 12.3. The number of para-hydroxylation sites is 1. The highest BCUT2D eigenvalue weighted by atomic mass is 16.6. The Kier molecular flexibility index (Phi) is 5.27. The lowest BCUT2D eigenvalue weighted by Gasteiger charge is -2.13. The molecule has 0 saturated carbocycles. The quantitative estimate of drug-likeness (QED) is 0.658. The van der Waals surface area contributed by atoms with E-state index >= 15 is 0 Å². The molecule has 22 heavy (non-hydrogen) atoms. The van der Waals surface area contributed by atoms with Crippen LogP contribution in [0.5, 0.6) is 0 Å². The molecule has 0 aromatic heterocycles. The molecule has 5 nitrogen and oxygen atoms in total. The van der Waals surface area contributed by atoms with Gasteiger partial charge >= 0.3 is 0 Å². The van der Waals surface area contributed by atoms with Crippen LogP contribution < -0.4 is 5.32 Å². The number of rotatable bonds is 5. The lowest BCUT2D eigenvalue weighted by molar-refractivity contribution is 0.102. The molecule has 2 N–H and O–H groups in total. The van der Waals surface area contributed by atoms with Gasteiger partial charge in [0.15, 0.2) is 0 Å². The number of amides is 1. The molecular formula is C17H18N2O3. The molecule has 0 radical (unpaired) electrons. The zero-order valence-electron chi connectivity index (χ0n) is 12.5. The standard InChI is InChI=1S/C17H18N2O3/c1-12(20)15-5-3-4-6-16(15)19-17(21)14-9-7-13(8-10-14)11-18-22-2/h3-12,20H,1-2H3,(H,19,21)/b18-11+. The smallest absolute Gasteiger partial charge is 0.255 e. The topological polar surface area (TPSA) is 70.9 Å². The minimum atomic E-state index is -0.649. The molecule has 0 aliphatic rings. The third-order valence-corrected chi connectivity index (χ3v) is 3.14. The summed E-state index contributed by atoms with van der Waals surface area (Å²) >= 11 is 0. The number of oxime groups is 1. The van der Waals surface area contributed by atoms with Gasteiger partial charge in [-0.2, -0.15) is 0 Å². The van der Waals surface area contributed by atoms with Crippen LogP contribution in [0, 0.1) is 0 Å². The fourth-order valence-corrected chi connectivity index (χ4v) is 2.00. The van der Waals surface area contributed by atoms with E-state index in [9.17, 15) is 9.90 Å². The van der Waals surface area contributed by atoms with Crippen LogP contribution in [-0.2, 0) is 4.84 Å². The fourth-order valence-electron chi connectivity index (χ4n) is 2.00. The highest BCUT2D eigenvalue weighted by Gasteiger charge is 2.11. The van der Waals surface area contributed by atoms with Crippen LogP contribution in [0.3, 0.4) is 0 Å². The number of benzene rings is 2. The highest BCUT2D eigenvalue weighted by Crippen LogP contribution is 2.22. The summed E-state index contributed by atoms with van der Waals surface area (Å²) in [6.45, 7) is 1.66. The van der Waals surface area contributed by atoms with Gasteiger partial charge in [0.1, 0.15) is 7.11 Å². The summed E-state index contributed by atoms with van der Waals surface area (Å²) in [7, 11) is 1.47. The van der Waals surface area contributed by atoms with E-state index in [0.29, 0.717) is 16.8 Å². The number of carbonyl (C=O) groups is 1. The summed E-state index contributed by atoms with van der Waals surface area (Å²) < 4.78 is 0. The van der Waals surface area contributed by atoms with Gasteiger partial charge in [0.2, 0.25) is 0 Å². The summed E-state index contributed by atoms with van der Waals surface area (Å²) in [6.07, 6.45) is 0.911. The Bertz CT molecular complexity index is 664. The fraction of sp³-hybridized carbons (Fsp3) is 0.176. The van der Waals surface area contributed by atoms with Crippen LogP contribution in [0.4, 0.5) is 5.69 Å². The lowest BCUT2D eigenvalue weighted by atomic mass is 10.1. The van der Waals surface area contributed by atoms with E-state index in [1.807, 2.05) is 12.1 Å². The second-order valence-electron chi connectivity index (χ2n) is 4.76. The first-order valence-electron chi connectivity index (χ1n) is 6.86. The molecule has 0 aliphatic carbocycles. The van der Waals surface area contributed by atoms with Gasteiger partial charge in [-0.15, -0.1) is 0 Å². The second kappa shape index (κ2) is 7.38. The van der Waals surface area contributed by atoms with Gasteiger partial charge in [0, 0.05) is 16.8 Å². The first kappa shape index (κ1) is 15.7. The molecule has 1 amide bonds. The summed E-state index contributed by atoms with van der Waals surface area (Å²) in [4.78, 5) is 16.9. The maximum atomic E-state index is 12.3. The van der Waals surface area contributed by atoms with Crippen molar-refractivity contribution in [1.29, 1.82) is 0 Å². The third-order valence-electron chi connectivity index (χ3n) is 3.14. The number of nitrogens with zero attached hydrogens (tertiary/aromatic N) is 1. The Balaban J connectivity index is 2.14. The second-order valence-corrected chi connectivity index (χ2v) is 4.76. The van der Waals surface area contributed by atoms with Gasteiger partial charge in [-0.1, -0.05) is 35.5 Å². The summed E-state index contributed by atoms with van der Waals surface area (Å²) in [5, 5.41) is 16.2. The average Bonchev–Trinajstić information content (AvgIpc) is 2.53. The predicted molar refractivity (Wildman–Crippen MR) is 86.1 cm³/mol. The molecule has 0 spiro atoms. The van der Waals surface area contributed by atoms with Crippen LogP contribution >= 0.6 is 0 Å². The van der Waals surface area contributed by atoms with E-state index in [4.69, 9.17) is 0 Å². The van der Waals surface area contributed by atoms with Crippen LogP contribution in [0.1, 0.15) is 34.5 Å². The number of hydrogen-bond donors (Lipinski definition) is 2. The molecule has 114 valence electrons. The lowest BCUT2D eigenvalue weighted by Crippen LogP contribution is -2.14. The molecule has 0 fully saturated rings. The van der Waals surface area contributed by atoms with Gasteiger partial charge in [-0.25, -0.2) is 0 Å². The molecule has 1 unspecified atom stereocenters. The molecule has 0 heterocycles. The summed E-state index contributed by atoms with van der Waals surface area (Å²) in [5.74, 6) is -0.233. The van der Waals surface area contributed by atoms with E-state index in [0.717, 1.165) is 5.56 Å². The summed E-state index contributed by atoms with van der Waals surface area (Å²) in [6, 6.07) is 14.1. The number of aliphatic hydroxyl groups excluding tert-OH is 1. The van der Waals surface area contributed by atoms with E-state index < -0.39 is 6.10 Å². The molecule has 0 aliphatic heterocycles. The van der Waals surface area contributed by atoms with Crippen LogP contribution in [0.25, 0.3) is 0 Å². The largest absolute Gasteiger partial charge is 0.399 e. The normalized spacial score (nSPS) is 12.1. The number of aliphatic hydroxyl groups is 1. The first-order valence-corrected chi connectivity index (χ1v) is 6.86. The number of hydrogen-bond acceptors (Lipinski definition) is 4. The minimum absolute atomic E-state index is 0.233.